The first-order chi connectivity index (χ1) is 7.27. The smallest absolute Gasteiger partial charge is 0.180 e. The van der Waals surface area contributed by atoms with Gasteiger partial charge in [0.1, 0.15) is 0 Å². The van der Waals surface area contributed by atoms with Crippen molar-refractivity contribution in [3.05, 3.63) is 65.4 Å². The van der Waals surface area contributed by atoms with Crippen molar-refractivity contribution in [2.24, 2.45) is 0 Å². The topological polar surface area (TPSA) is 3.88 Å². The number of nitrogens with zero attached hydrogens (tertiary/aromatic N) is 1. The summed E-state index contributed by atoms with van der Waals surface area (Å²) < 4.78 is 2.17. The highest BCUT2D eigenvalue weighted by Crippen LogP contribution is 2.15. The number of halogens is 1. The predicted molar refractivity (Wildman–Crippen MR) is 61.9 cm³/mol. The maximum Gasteiger partial charge on any atom is 0.180 e. The van der Waals surface area contributed by atoms with Gasteiger partial charge in [-0.2, -0.15) is 4.57 Å². The van der Waals surface area contributed by atoms with Gasteiger partial charge in [0.2, 0.25) is 0 Å². The Morgan fingerprint density at radius 2 is 1.60 bits per heavy atom. The van der Waals surface area contributed by atoms with E-state index < -0.39 is 0 Å². The van der Waals surface area contributed by atoms with E-state index in [4.69, 9.17) is 11.6 Å². The minimum Gasteiger partial charge on any atom is -0.198 e. The largest absolute Gasteiger partial charge is 0.198 e. The van der Waals surface area contributed by atoms with E-state index in [2.05, 4.69) is 36.0 Å². The minimum absolute atomic E-state index is 0.337. The molecular weight excluding hydrogens is 206 g/mol. The Hall–Kier alpha value is -1.34. The highest BCUT2D eigenvalue weighted by molar-refractivity contribution is 6.30. The van der Waals surface area contributed by atoms with Crippen LogP contribution in [-0.4, -0.2) is 0 Å². The number of rotatable bonds is 2. The van der Waals surface area contributed by atoms with E-state index in [1.54, 1.807) is 0 Å². The molecule has 2 heteroatoms. The van der Waals surface area contributed by atoms with Crippen molar-refractivity contribution in [2.75, 3.05) is 0 Å². The standard InChI is InChI=1S/C13H13ClN/c1-11(15-9-3-2-4-10-15)12-5-7-13(14)8-6-12/h2-11H,1H3/q+1. The van der Waals surface area contributed by atoms with Gasteiger partial charge in [0.25, 0.3) is 0 Å². The summed E-state index contributed by atoms with van der Waals surface area (Å²) in [5.74, 6) is 0. The Kier molecular flexibility index (Phi) is 3.02. The zero-order chi connectivity index (χ0) is 10.7. The van der Waals surface area contributed by atoms with Crippen LogP contribution < -0.4 is 4.57 Å². The lowest BCUT2D eigenvalue weighted by molar-refractivity contribution is -0.710. The molecular formula is C13H13ClN+. The molecule has 76 valence electrons. The fraction of sp³-hybridized carbons (Fsp3) is 0.154. The van der Waals surface area contributed by atoms with E-state index in [1.807, 2.05) is 30.3 Å². The quantitative estimate of drug-likeness (QED) is 0.682. The summed E-state index contributed by atoms with van der Waals surface area (Å²) in [5, 5.41) is 0.781. The number of aromatic nitrogens is 1. The van der Waals surface area contributed by atoms with Gasteiger partial charge in [0, 0.05) is 29.6 Å². The Morgan fingerprint density at radius 1 is 1.00 bits per heavy atom. The van der Waals surface area contributed by atoms with Crippen LogP contribution in [0.15, 0.2) is 54.9 Å². The fourth-order valence-corrected chi connectivity index (χ4v) is 1.71. The predicted octanol–water partition coefficient (Wildman–Crippen LogP) is 3.24. The highest BCUT2D eigenvalue weighted by Gasteiger charge is 2.13. The molecule has 1 atom stereocenters. The van der Waals surface area contributed by atoms with Crippen LogP contribution in [0.3, 0.4) is 0 Å². The molecule has 1 aromatic carbocycles. The summed E-state index contributed by atoms with van der Waals surface area (Å²) in [4.78, 5) is 0. The molecule has 2 rings (SSSR count). The normalized spacial score (nSPS) is 12.4. The third-order valence-electron chi connectivity index (χ3n) is 2.54. The van der Waals surface area contributed by atoms with Crippen molar-refractivity contribution in [3.8, 4) is 0 Å². The number of hydrogen-bond donors (Lipinski definition) is 0. The molecule has 2 aromatic rings. The van der Waals surface area contributed by atoms with Crippen LogP contribution in [0.1, 0.15) is 18.5 Å². The molecule has 1 unspecified atom stereocenters. The van der Waals surface area contributed by atoms with Crippen molar-refractivity contribution in [1.29, 1.82) is 0 Å². The molecule has 1 aromatic heterocycles. The first-order valence-electron chi connectivity index (χ1n) is 4.98. The molecule has 0 aliphatic carbocycles. The Morgan fingerprint density at radius 3 is 2.20 bits per heavy atom. The summed E-state index contributed by atoms with van der Waals surface area (Å²) >= 11 is 5.86. The SMILES string of the molecule is CC(c1ccc(Cl)cc1)[n+]1ccccc1. The van der Waals surface area contributed by atoms with E-state index >= 15 is 0 Å². The van der Waals surface area contributed by atoms with Crippen LogP contribution in [0.5, 0.6) is 0 Å². The molecule has 0 fully saturated rings. The molecule has 0 aliphatic rings. The van der Waals surface area contributed by atoms with Crippen LogP contribution in [0.25, 0.3) is 0 Å². The lowest BCUT2D eigenvalue weighted by atomic mass is 10.1. The van der Waals surface area contributed by atoms with Crippen LogP contribution in [0.4, 0.5) is 0 Å². The maximum atomic E-state index is 5.86. The summed E-state index contributed by atoms with van der Waals surface area (Å²) in [6, 6.07) is 14.4. The van der Waals surface area contributed by atoms with Gasteiger partial charge in [0.15, 0.2) is 18.4 Å². The highest BCUT2D eigenvalue weighted by atomic mass is 35.5. The summed E-state index contributed by atoms with van der Waals surface area (Å²) in [7, 11) is 0. The third kappa shape index (κ3) is 2.37. The van der Waals surface area contributed by atoms with Crippen molar-refractivity contribution >= 4 is 11.6 Å². The average Bonchev–Trinajstić information content (AvgIpc) is 2.30. The van der Waals surface area contributed by atoms with E-state index in [1.165, 1.54) is 5.56 Å². The second-order valence-corrected chi connectivity index (χ2v) is 3.99. The molecule has 1 nitrogen and oxygen atoms in total. The maximum absolute atomic E-state index is 5.86. The van der Waals surface area contributed by atoms with E-state index in [0.29, 0.717) is 6.04 Å². The Balaban J connectivity index is 2.29. The number of pyridine rings is 1. The lowest BCUT2D eigenvalue weighted by Crippen LogP contribution is -2.37. The fourth-order valence-electron chi connectivity index (χ4n) is 1.58. The van der Waals surface area contributed by atoms with E-state index in [-0.39, 0.29) is 0 Å². The Labute approximate surface area is 95.0 Å². The first kappa shape index (κ1) is 10.2. The molecule has 0 bridgehead atoms. The van der Waals surface area contributed by atoms with Crippen LogP contribution in [0, 0.1) is 0 Å². The molecule has 0 saturated carbocycles. The third-order valence-corrected chi connectivity index (χ3v) is 2.79. The monoisotopic (exact) mass is 218 g/mol. The molecule has 0 aliphatic heterocycles. The Bertz CT molecular complexity index is 422. The van der Waals surface area contributed by atoms with Gasteiger partial charge in [-0.1, -0.05) is 29.8 Å². The van der Waals surface area contributed by atoms with Crippen molar-refractivity contribution < 1.29 is 4.57 Å². The number of hydrogen-bond acceptors (Lipinski definition) is 0. The van der Waals surface area contributed by atoms with E-state index in [9.17, 15) is 0 Å². The van der Waals surface area contributed by atoms with Gasteiger partial charge < -0.3 is 0 Å². The van der Waals surface area contributed by atoms with Crippen LogP contribution >= 0.6 is 11.6 Å². The summed E-state index contributed by atoms with van der Waals surface area (Å²) in [5.41, 5.74) is 1.26. The van der Waals surface area contributed by atoms with E-state index in [0.717, 1.165) is 5.02 Å². The molecule has 0 N–H and O–H groups in total. The van der Waals surface area contributed by atoms with Gasteiger partial charge in [0.05, 0.1) is 0 Å². The van der Waals surface area contributed by atoms with Crippen LogP contribution in [0.2, 0.25) is 5.02 Å². The van der Waals surface area contributed by atoms with Gasteiger partial charge in [-0.05, 0) is 12.1 Å². The summed E-state index contributed by atoms with van der Waals surface area (Å²) in [6.45, 7) is 2.17. The van der Waals surface area contributed by atoms with Gasteiger partial charge in [-0.25, -0.2) is 0 Å². The molecule has 1 heterocycles. The lowest BCUT2D eigenvalue weighted by Gasteiger charge is -2.06. The van der Waals surface area contributed by atoms with Gasteiger partial charge in [-0.15, -0.1) is 0 Å². The minimum atomic E-state index is 0.337. The zero-order valence-corrected chi connectivity index (χ0v) is 9.35. The molecule has 0 spiro atoms. The number of benzene rings is 1. The van der Waals surface area contributed by atoms with Crippen molar-refractivity contribution in [2.45, 2.75) is 13.0 Å². The second kappa shape index (κ2) is 4.45. The van der Waals surface area contributed by atoms with Crippen molar-refractivity contribution in [1.82, 2.24) is 0 Å². The second-order valence-electron chi connectivity index (χ2n) is 3.55. The zero-order valence-electron chi connectivity index (χ0n) is 8.60. The van der Waals surface area contributed by atoms with Gasteiger partial charge >= 0.3 is 0 Å². The molecule has 0 amide bonds. The molecule has 0 radical (unpaired) electrons. The van der Waals surface area contributed by atoms with Crippen molar-refractivity contribution in [3.63, 3.8) is 0 Å². The average molecular weight is 219 g/mol. The molecule has 0 saturated heterocycles. The molecule has 15 heavy (non-hydrogen) atoms. The first-order valence-corrected chi connectivity index (χ1v) is 5.36. The summed E-state index contributed by atoms with van der Waals surface area (Å²) in [6.07, 6.45) is 4.14. The van der Waals surface area contributed by atoms with Gasteiger partial charge in [-0.3, -0.25) is 0 Å². The van der Waals surface area contributed by atoms with Crippen LogP contribution in [-0.2, 0) is 0 Å².